The topological polar surface area (TPSA) is 95.8 Å². The molecule has 4 N–H and O–H groups in total. The summed E-state index contributed by atoms with van der Waals surface area (Å²) in [6.07, 6.45) is 3.99. The highest BCUT2D eigenvalue weighted by Gasteiger charge is 2.12. The molecule has 2 heterocycles. The Morgan fingerprint density at radius 2 is 2.29 bits per heavy atom. The number of nitrogen functional groups attached to an aromatic ring is 1. The number of nitrogens with two attached hydrogens (primary N) is 1. The van der Waals surface area contributed by atoms with Crippen LogP contribution >= 0.6 is 0 Å². The van der Waals surface area contributed by atoms with Crippen molar-refractivity contribution in [3.8, 4) is 0 Å². The summed E-state index contributed by atoms with van der Waals surface area (Å²) in [6, 6.07) is 0. The van der Waals surface area contributed by atoms with Crippen molar-refractivity contribution in [2.75, 3.05) is 23.9 Å². The van der Waals surface area contributed by atoms with Gasteiger partial charge in [0.1, 0.15) is 5.82 Å². The monoisotopic (exact) mass is 235 g/mol. The molecule has 0 amide bonds. The molecule has 0 aromatic carbocycles. The Labute approximate surface area is 99.4 Å². The van der Waals surface area contributed by atoms with E-state index in [-0.39, 0.29) is 0 Å². The third kappa shape index (κ3) is 2.28. The van der Waals surface area contributed by atoms with Gasteiger partial charge in [0.15, 0.2) is 5.65 Å². The molecule has 2 rings (SSSR count). The van der Waals surface area contributed by atoms with E-state index in [0.29, 0.717) is 11.6 Å². The lowest BCUT2D eigenvalue weighted by Gasteiger charge is -2.18. The molecule has 2 aromatic heterocycles. The first-order chi connectivity index (χ1) is 8.26. The van der Waals surface area contributed by atoms with E-state index in [1.807, 2.05) is 7.05 Å². The Bertz CT molecular complexity index is 492. The first-order valence-electron chi connectivity index (χ1n) is 5.65. The van der Waals surface area contributed by atoms with Crippen molar-refractivity contribution >= 4 is 22.8 Å². The van der Waals surface area contributed by atoms with E-state index in [1.165, 1.54) is 0 Å². The van der Waals surface area contributed by atoms with Gasteiger partial charge in [-0.3, -0.25) is 10.5 Å². The molecule has 17 heavy (non-hydrogen) atoms. The zero-order valence-corrected chi connectivity index (χ0v) is 10.1. The minimum Gasteiger partial charge on any atom is -0.359 e. The number of unbranched alkanes of at least 4 members (excludes halogenated alkanes) is 1. The third-order valence-electron chi connectivity index (χ3n) is 2.63. The van der Waals surface area contributed by atoms with Crippen LogP contribution in [0.25, 0.3) is 11.0 Å². The first kappa shape index (κ1) is 11.6. The fourth-order valence-electron chi connectivity index (χ4n) is 1.68. The molecule has 0 bridgehead atoms. The van der Waals surface area contributed by atoms with Crippen LogP contribution in [0.15, 0.2) is 6.20 Å². The molecule has 92 valence electrons. The lowest BCUT2D eigenvalue weighted by molar-refractivity contribution is 0.761. The van der Waals surface area contributed by atoms with Crippen molar-refractivity contribution in [3.63, 3.8) is 0 Å². The Kier molecular flexibility index (Phi) is 3.38. The van der Waals surface area contributed by atoms with Gasteiger partial charge in [-0.2, -0.15) is 15.1 Å². The molecule has 0 aliphatic heterocycles. The van der Waals surface area contributed by atoms with Crippen LogP contribution in [-0.2, 0) is 0 Å². The molecular formula is C10H17N7. The molecule has 0 saturated heterocycles. The van der Waals surface area contributed by atoms with Crippen LogP contribution in [0.4, 0.5) is 11.8 Å². The number of nitrogens with zero attached hydrogens (tertiary/aromatic N) is 4. The van der Waals surface area contributed by atoms with E-state index in [1.54, 1.807) is 6.20 Å². The maximum atomic E-state index is 5.35. The smallest absolute Gasteiger partial charge is 0.241 e. The number of anilines is 2. The van der Waals surface area contributed by atoms with Gasteiger partial charge in [0.2, 0.25) is 5.95 Å². The van der Waals surface area contributed by atoms with Gasteiger partial charge in [-0.15, -0.1) is 0 Å². The van der Waals surface area contributed by atoms with Crippen LogP contribution in [-0.4, -0.2) is 33.8 Å². The van der Waals surface area contributed by atoms with E-state index < -0.39 is 0 Å². The highest BCUT2D eigenvalue weighted by atomic mass is 15.3. The van der Waals surface area contributed by atoms with Crippen LogP contribution in [0, 0.1) is 0 Å². The molecule has 0 spiro atoms. The summed E-state index contributed by atoms with van der Waals surface area (Å²) in [4.78, 5) is 10.6. The molecular weight excluding hydrogens is 218 g/mol. The van der Waals surface area contributed by atoms with Crippen molar-refractivity contribution < 1.29 is 0 Å². The minimum atomic E-state index is 0.389. The second kappa shape index (κ2) is 4.96. The van der Waals surface area contributed by atoms with Gasteiger partial charge in [-0.05, 0) is 6.42 Å². The van der Waals surface area contributed by atoms with Crippen LogP contribution < -0.4 is 16.2 Å². The standard InChI is InChI=1S/C10H17N7/c1-3-4-5-17(2)9-7-6-12-16-8(7)13-10(14-9)15-11/h6H,3-5,11H2,1-2H3,(H2,12,13,14,15,16). The average Bonchev–Trinajstić information content (AvgIpc) is 2.82. The Morgan fingerprint density at radius 1 is 1.47 bits per heavy atom. The van der Waals surface area contributed by atoms with E-state index >= 15 is 0 Å². The number of aromatic amines is 1. The van der Waals surface area contributed by atoms with Gasteiger partial charge in [-0.25, -0.2) is 5.84 Å². The summed E-state index contributed by atoms with van der Waals surface area (Å²) in [7, 11) is 2.00. The van der Waals surface area contributed by atoms with Crippen molar-refractivity contribution in [1.29, 1.82) is 0 Å². The Balaban J connectivity index is 2.39. The lowest BCUT2D eigenvalue weighted by atomic mass is 10.3. The maximum absolute atomic E-state index is 5.35. The first-order valence-corrected chi connectivity index (χ1v) is 5.65. The molecule has 7 nitrogen and oxygen atoms in total. The fourth-order valence-corrected chi connectivity index (χ4v) is 1.68. The predicted octanol–water partition coefficient (Wildman–Crippen LogP) is 0.875. The summed E-state index contributed by atoms with van der Waals surface area (Å²) in [5.41, 5.74) is 3.15. The molecule has 0 atom stereocenters. The lowest BCUT2D eigenvalue weighted by Crippen LogP contribution is -2.21. The zero-order valence-electron chi connectivity index (χ0n) is 10.1. The Morgan fingerprint density at radius 3 is 3.00 bits per heavy atom. The largest absolute Gasteiger partial charge is 0.359 e. The van der Waals surface area contributed by atoms with Crippen LogP contribution in [0.3, 0.4) is 0 Å². The summed E-state index contributed by atoms with van der Waals surface area (Å²) >= 11 is 0. The second-order valence-electron chi connectivity index (χ2n) is 3.92. The number of H-pyrrole nitrogens is 1. The van der Waals surface area contributed by atoms with Gasteiger partial charge in [-0.1, -0.05) is 13.3 Å². The summed E-state index contributed by atoms with van der Waals surface area (Å²) in [5.74, 6) is 6.58. The molecule has 0 fully saturated rings. The van der Waals surface area contributed by atoms with E-state index in [0.717, 1.165) is 30.6 Å². The van der Waals surface area contributed by atoms with Crippen LogP contribution in [0.5, 0.6) is 0 Å². The number of rotatable bonds is 5. The van der Waals surface area contributed by atoms with Gasteiger partial charge in [0, 0.05) is 13.6 Å². The molecule has 2 aromatic rings. The van der Waals surface area contributed by atoms with Gasteiger partial charge in [0.25, 0.3) is 0 Å². The van der Waals surface area contributed by atoms with E-state index in [4.69, 9.17) is 5.84 Å². The van der Waals surface area contributed by atoms with Crippen LogP contribution in [0.2, 0.25) is 0 Å². The molecule has 0 saturated carbocycles. The normalized spacial score (nSPS) is 10.8. The van der Waals surface area contributed by atoms with Gasteiger partial charge in [0.05, 0.1) is 11.6 Å². The summed E-state index contributed by atoms with van der Waals surface area (Å²) in [5, 5.41) is 7.70. The molecule has 0 unspecified atom stereocenters. The van der Waals surface area contributed by atoms with E-state index in [2.05, 4.69) is 37.4 Å². The molecule has 0 radical (unpaired) electrons. The van der Waals surface area contributed by atoms with E-state index in [9.17, 15) is 0 Å². The molecule has 0 aliphatic rings. The molecule has 0 aliphatic carbocycles. The number of hydrazine groups is 1. The number of hydrogen-bond donors (Lipinski definition) is 3. The molecule has 7 heteroatoms. The number of hydrogen-bond acceptors (Lipinski definition) is 6. The number of fused-ring (bicyclic) bond motifs is 1. The number of aromatic nitrogens is 4. The fraction of sp³-hybridized carbons (Fsp3) is 0.500. The highest BCUT2D eigenvalue weighted by Crippen LogP contribution is 2.22. The Hall–Kier alpha value is -1.89. The van der Waals surface area contributed by atoms with Crippen molar-refractivity contribution in [2.24, 2.45) is 5.84 Å². The SMILES string of the molecule is CCCCN(C)c1nc(NN)nc2[nH]ncc12. The maximum Gasteiger partial charge on any atom is 0.241 e. The minimum absolute atomic E-state index is 0.389. The average molecular weight is 235 g/mol. The summed E-state index contributed by atoms with van der Waals surface area (Å²) in [6.45, 7) is 3.10. The van der Waals surface area contributed by atoms with Gasteiger partial charge >= 0.3 is 0 Å². The van der Waals surface area contributed by atoms with Crippen molar-refractivity contribution in [1.82, 2.24) is 20.2 Å². The number of nitrogens with one attached hydrogen (secondary N) is 2. The summed E-state index contributed by atoms with van der Waals surface area (Å²) < 4.78 is 0. The highest BCUT2D eigenvalue weighted by molar-refractivity contribution is 5.87. The van der Waals surface area contributed by atoms with Crippen LogP contribution in [0.1, 0.15) is 19.8 Å². The zero-order chi connectivity index (χ0) is 12.3. The second-order valence-corrected chi connectivity index (χ2v) is 3.92. The van der Waals surface area contributed by atoms with Crippen molar-refractivity contribution in [2.45, 2.75) is 19.8 Å². The third-order valence-corrected chi connectivity index (χ3v) is 2.63. The van der Waals surface area contributed by atoms with Crippen molar-refractivity contribution in [3.05, 3.63) is 6.20 Å². The van der Waals surface area contributed by atoms with Gasteiger partial charge < -0.3 is 4.90 Å². The quantitative estimate of drug-likeness (QED) is 0.526. The predicted molar refractivity (Wildman–Crippen MR) is 67.7 cm³/mol.